The molecule has 3 aromatic carbocycles. The van der Waals surface area contributed by atoms with Gasteiger partial charge in [-0.15, -0.1) is 0 Å². The second-order valence-corrected chi connectivity index (χ2v) is 8.67. The van der Waals surface area contributed by atoms with E-state index >= 15 is 0 Å². The minimum atomic E-state index is -0.608. The first-order valence-electron chi connectivity index (χ1n) is 11.9. The van der Waals surface area contributed by atoms with Gasteiger partial charge in [0.05, 0.1) is 11.7 Å². The number of nitrogens with one attached hydrogen (secondary N) is 3. The minimum absolute atomic E-state index is 0.0538. The standard InChI is InChI=1S/C30H23N5O2/c36-29-23(13-12-20-9-6-16-32-27(20)29)28(34-35-30(37)21-14-17-31-18-15-21)25-22-10-4-5-11-24(22)33-26(25)19-7-2-1-3-8-19/h1-18,28,33-34,36H,(H,35,37). The molecular weight excluding hydrogens is 462 g/mol. The van der Waals surface area contributed by atoms with Gasteiger partial charge in [0, 0.05) is 51.6 Å². The maximum Gasteiger partial charge on any atom is 0.265 e. The molecule has 0 spiro atoms. The number of aromatic amines is 1. The van der Waals surface area contributed by atoms with Crippen molar-refractivity contribution in [2.75, 3.05) is 0 Å². The van der Waals surface area contributed by atoms with E-state index in [9.17, 15) is 9.90 Å². The van der Waals surface area contributed by atoms with Crippen LogP contribution in [0.25, 0.3) is 33.1 Å². The van der Waals surface area contributed by atoms with Crippen molar-refractivity contribution in [3.63, 3.8) is 0 Å². The fourth-order valence-corrected chi connectivity index (χ4v) is 4.69. The van der Waals surface area contributed by atoms with Crippen molar-refractivity contribution in [1.29, 1.82) is 0 Å². The third-order valence-corrected chi connectivity index (χ3v) is 6.46. The van der Waals surface area contributed by atoms with Crippen LogP contribution in [0, 0.1) is 0 Å². The van der Waals surface area contributed by atoms with Gasteiger partial charge in [0.15, 0.2) is 0 Å². The molecule has 180 valence electrons. The third kappa shape index (κ3) is 4.17. The van der Waals surface area contributed by atoms with Crippen LogP contribution in [0.2, 0.25) is 0 Å². The van der Waals surface area contributed by atoms with Crippen molar-refractivity contribution >= 4 is 27.7 Å². The molecule has 1 amide bonds. The van der Waals surface area contributed by atoms with Crippen molar-refractivity contribution in [1.82, 2.24) is 25.8 Å². The average Bonchev–Trinajstić information content (AvgIpc) is 3.35. The Morgan fingerprint density at radius 2 is 1.62 bits per heavy atom. The summed E-state index contributed by atoms with van der Waals surface area (Å²) in [6.07, 6.45) is 4.79. The Bertz CT molecular complexity index is 1710. The number of amides is 1. The highest BCUT2D eigenvalue weighted by Crippen LogP contribution is 2.41. The van der Waals surface area contributed by atoms with Crippen LogP contribution in [0.3, 0.4) is 0 Å². The lowest BCUT2D eigenvalue weighted by molar-refractivity contribution is 0.0928. The molecule has 6 rings (SSSR count). The number of pyridine rings is 2. The summed E-state index contributed by atoms with van der Waals surface area (Å²) in [7, 11) is 0. The second kappa shape index (κ2) is 9.56. The highest BCUT2D eigenvalue weighted by Gasteiger charge is 2.27. The van der Waals surface area contributed by atoms with Crippen molar-refractivity contribution < 1.29 is 9.90 Å². The summed E-state index contributed by atoms with van der Waals surface area (Å²) in [5.74, 6) is -0.259. The summed E-state index contributed by atoms with van der Waals surface area (Å²) < 4.78 is 0. The Labute approximate surface area is 212 Å². The van der Waals surface area contributed by atoms with Gasteiger partial charge in [0.1, 0.15) is 11.3 Å². The van der Waals surface area contributed by atoms with E-state index in [1.807, 2.05) is 78.9 Å². The average molecular weight is 486 g/mol. The van der Waals surface area contributed by atoms with Crippen LogP contribution in [0.1, 0.15) is 27.5 Å². The van der Waals surface area contributed by atoms with E-state index in [0.717, 1.165) is 33.1 Å². The molecular formula is C30H23N5O2. The molecule has 0 aliphatic heterocycles. The van der Waals surface area contributed by atoms with Gasteiger partial charge in [-0.05, 0) is 29.8 Å². The van der Waals surface area contributed by atoms with E-state index < -0.39 is 6.04 Å². The molecule has 37 heavy (non-hydrogen) atoms. The van der Waals surface area contributed by atoms with E-state index in [0.29, 0.717) is 16.6 Å². The number of carbonyl (C=O) groups excluding carboxylic acids is 1. The maximum absolute atomic E-state index is 13.0. The Hall–Kier alpha value is -5.01. The molecule has 1 atom stereocenters. The van der Waals surface area contributed by atoms with Gasteiger partial charge >= 0.3 is 0 Å². The summed E-state index contributed by atoms with van der Waals surface area (Å²) in [5.41, 5.74) is 11.3. The summed E-state index contributed by atoms with van der Waals surface area (Å²) in [6.45, 7) is 0. The molecule has 0 radical (unpaired) electrons. The van der Waals surface area contributed by atoms with Crippen LogP contribution < -0.4 is 10.9 Å². The summed E-state index contributed by atoms with van der Waals surface area (Å²) in [6, 6.07) is 28.2. The van der Waals surface area contributed by atoms with Crippen molar-refractivity contribution in [2.45, 2.75) is 6.04 Å². The van der Waals surface area contributed by atoms with E-state index in [-0.39, 0.29) is 11.7 Å². The smallest absolute Gasteiger partial charge is 0.265 e. The number of phenols is 1. The molecule has 1 unspecified atom stereocenters. The second-order valence-electron chi connectivity index (χ2n) is 8.67. The van der Waals surface area contributed by atoms with E-state index in [1.54, 1.807) is 30.7 Å². The van der Waals surface area contributed by atoms with Gasteiger partial charge < -0.3 is 10.1 Å². The minimum Gasteiger partial charge on any atom is -0.505 e. The lowest BCUT2D eigenvalue weighted by Gasteiger charge is -2.23. The fraction of sp³-hybridized carbons (Fsp3) is 0.0333. The van der Waals surface area contributed by atoms with Crippen LogP contribution in [0.5, 0.6) is 5.75 Å². The number of fused-ring (bicyclic) bond motifs is 2. The topological polar surface area (TPSA) is 103 Å². The van der Waals surface area contributed by atoms with Crippen molar-refractivity contribution in [2.24, 2.45) is 0 Å². The molecule has 7 nitrogen and oxygen atoms in total. The molecule has 7 heteroatoms. The number of hydrogen-bond donors (Lipinski definition) is 4. The highest BCUT2D eigenvalue weighted by atomic mass is 16.3. The maximum atomic E-state index is 13.0. The number of para-hydroxylation sites is 1. The zero-order chi connectivity index (χ0) is 25.2. The third-order valence-electron chi connectivity index (χ3n) is 6.46. The number of aromatic nitrogens is 3. The number of carbonyl (C=O) groups is 1. The first kappa shape index (κ1) is 22.5. The first-order valence-corrected chi connectivity index (χ1v) is 11.9. The summed E-state index contributed by atoms with van der Waals surface area (Å²) in [5, 5.41) is 13.2. The van der Waals surface area contributed by atoms with Gasteiger partial charge in [-0.1, -0.05) is 66.7 Å². The van der Waals surface area contributed by atoms with E-state index in [1.165, 1.54) is 0 Å². The van der Waals surface area contributed by atoms with E-state index in [2.05, 4.69) is 25.8 Å². The Kier molecular flexibility index (Phi) is 5.80. The summed E-state index contributed by atoms with van der Waals surface area (Å²) in [4.78, 5) is 24.9. The number of phenolic OH excluding ortho intramolecular Hbond substituents is 1. The molecule has 0 fully saturated rings. The van der Waals surface area contributed by atoms with Gasteiger partial charge in [-0.25, -0.2) is 5.43 Å². The zero-order valence-electron chi connectivity index (χ0n) is 19.7. The Morgan fingerprint density at radius 1 is 0.838 bits per heavy atom. The van der Waals surface area contributed by atoms with Crippen LogP contribution in [-0.4, -0.2) is 26.0 Å². The predicted molar refractivity (Wildman–Crippen MR) is 144 cm³/mol. The van der Waals surface area contributed by atoms with Crippen molar-refractivity contribution in [3.05, 3.63) is 126 Å². The van der Waals surface area contributed by atoms with Crippen LogP contribution in [0.4, 0.5) is 0 Å². The Balaban J connectivity index is 1.54. The molecule has 4 N–H and O–H groups in total. The molecule has 0 bridgehead atoms. The lowest BCUT2D eigenvalue weighted by atomic mass is 9.92. The number of aromatic hydroxyl groups is 1. The van der Waals surface area contributed by atoms with Gasteiger partial charge in [0.25, 0.3) is 5.91 Å². The van der Waals surface area contributed by atoms with Gasteiger partial charge in [0.2, 0.25) is 0 Å². The normalized spacial score (nSPS) is 12.0. The monoisotopic (exact) mass is 485 g/mol. The van der Waals surface area contributed by atoms with Crippen LogP contribution >= 0.6 is 0 Å². The number of H-pyrrole nitrogens is 1. The molecule has 0 aliphatic carbocycles. The first-order chi connectivity index (χ1) is 18.2. The molecule has 6 aromatic rings. The van der Waals surface area contributed by atoms with Crippen LogP contribution in [-0.2, 0) is 0 Å². The van der Waals surface area contributed by atoms with Gasteiger partial charge in [-0.3, -0.25) is 20.2 Å². The lowest BCUT2D eigenvalue weighted by Crippen LogP contribution is -2.40. The van der Waals surface area contributed by atoms with Crippen LogP contribution in [0.15, 0.2) is 110 Å². The Morgan fingerprint density at radius 3 is 2.46 bits per heavy atom. The fourth-order valence-electron chi connectivity index (χ4n) is 4.69. The quantitative estimate of drug-likeness (QED) is 0.233. The predicted octanol–water partition coefficient (Wildman–Crippen LogP) is 5.51. The molecule has 3 aromatic heterocycles. The number of hydrogen-bond acceptors (Lipinski definition) is 5. The number of rotatable bonds is 6. The number of nitrogens with zero attached hydrogens (tertiary/aromatic N) is 2. The molecule has 0 aliphatic rings. The molecule has 3 heterocycles. The SMILES string of the molecule is O=C(NNC(c1ccc2cccnc2c1O)c1c(-c2ccccc2)[nH]c2ccccc12)c1ccncc1. The van der Waals surface area contributed by atoms with Crippen molar-refractivity contribution in [3.8, 4) is 17.0 Å². The highest BCUT2D eigenvalue weighted by molar-refractivity contribution is 5.95. The van der Waals surface area contributed by atoms with Gasteiger partial charge in [-0.2, -0.15) is 0 Å². The summed E-state index contributed by atoms with van der Waals surface area (Å²) >= 11 is 0. The molecule has 0 saturated carbocycles. The molecule has 0 saturated heterocycles. The number of benzene rings is 3. The van der Waals surface area contributed by atoms with E-state index in [4.69, 9.17) is 0 Å². The largest absolute Gasteiger partial charge is 0.505 e. The number of hydrazine groups is 1. The zero-order valence-corrected chi connectivity index (χ0v) is 19.7.